The third-order valence-electron chi connectivity index (χ3n) is 4.52. The second-order valence-corrected chi connectivity index (χ2v) is 7.16. The summed E-state index contributed by atoms with van der Waals surface area (Å²) in [5.74, 6) is 1.76. The fraction of sp³-hybridized carbons (Fsp3) is 0.0833. The van der Waals surface area contributed by atoms with Crippen molar-refractivity contribution >= 4 is 29.0 Å². The van der Waals surface area contributed by atoms with Crippen LogP contribution in [0.3, 0.4) is 0 Å². The Labute approximate surface area is 190 Å². The van der Waals surface area contributed by atoms with E-state index >= 15 is 0 Å². The molecular weight excluding hydrogens is 426 g/mol. The van der Waals surface area contributed by atoms with Crippen molar-refractivity contribution in [1.29, 1.82) is 0 Å². The van der Waals surface area contributed by atoms with Crippen LogP contribution in [0.4, 0.5) is 16.2 Å². The fourth-order valence-electron chi connectivity index (χ4n) is 2.95. The number of nitrogens with zero attached hydrogens (tertiary/aromatic N) is 3. The summed E-state index contributed by atoms with van der Waals surface area (Å²) in [6.45, 7) is 2.00. The second-order valence-electron chi connectivity index (χ2n) is 6.75. The van der Waals surface area contributed by atoms with Gasteiger partial charge in [-0.2, -0.15) is 0 Å². The minimum atomic E-state index is -0.394. The van der Waals surface area contributed by atoms with Crippen molar-refractivity contribution in [3.05, 3.63) is 90.0 Å². The predicted molar refractivity (Wildman–Crippen MR) is 125 cm³/mol. The van der Waals surface area contributed by atoms with Crippen LogP contribution >= 0.6 is 11.6 Å². The van der Waals surface area contributed by atoms with Crippen molar-refractivity contribution in [1.82, 2.24) is 15.0 Å². The number of nitrogens with one attached hydrogen (secondary N) is 2. The lowest BCUT2D eigenvalue weighted by atomic mass is 10.2. The zero-order valence-corrected chi connectivity index (χ0v) is 18.0. The molecule has 0 bridgehead atoms. The van der Waals surface area contributed by atoms with Gasteiger partial charge in [0.1, 0.15) is 11.6 Å². The third-order valence-corrected chi connectivity index (χ3v) is 4.85. The average molecular weight is 446 g/mol. The summed E-state index contributed by atoms with van der Waals surface area (Å²) >= 11 is 6.07. The molecule has 0 atom stereocenters. The van der Waals surface area contributed by atoms with Crippen LogP contribution in [0.5, 0.6) is 11.6 Å². The van der Waals surface area contributed by atoms with Crippen LogP contribution in [0.25, 0.3) is 11.3 Å². The molecule has 2 N–H and O–H groups in total. The number of aryl methyl sites for hydroxylation is 1. The maximum atomic E-state index is 12.2. The molecule has 2 amide bonds. The monoisotopic (exact) mass is 445 g/mol. The molecule has 160 valence electrons. The molecule has 0 fully saturated rings. The van der Waals surface area contributed by atoms with Crippen LogP contribution in [0.2, 0.25) is 5.02 Å². The molecule has 4 rings (SSSR count). The minimum absolute atomic E-state index is 0.394. The number of amides is 2. The number of halogens is 1. The summed E-state index contributed by atoms with van der Waals surface area (Å²) < 4.78 is 5.99. The van der Waals surface area contributed by atoms with Gasteiger partial charge in [0.2, 0.25) is 5.88 Å². The normalized spacial score (nSPS) is 10.4. The number of pyridine rings is 1. The van der Waals surface area contributed by atoms with Crippen LogP contribution < -0.4 is 15.4 Å². The Hall–Kier alpha value is -3.97. The lowest BCUT2D eigenvalue weighted by Crippen LogP contribution is -2.19. The molecule has 0 aliphatic rings. The summed E-state index contributed by atoms with van der Waals surface area (Å²) in [5.41, 5.74) is 2.65. The summed E-state index contributed by atoms with van der Waals surface area (Å²) in [6.07, 6.45) is 4.13. The SMILES string of the molecule is CCc1nccc(-c2cccnc2Oc2ccc(NC(=O)Nc3ccccc3Cl)cc2)n1. The zero-order valence-electron chi connectivity index (χ0n) is 17.2. The van der Waals surface area contributed by atoms with E-state index in [4.69, 9.17) is 16.3 Å². The first-order valence-electron chi connectivity index (χ1n) is 10.00. The van der Waals surface area contributed by atoms with E-state index in [1.807, 2.05) is 25.1 Å². The Morgan fingerprint density at radius 1 is 0.938 bits per heavy atom. The number of hydrogen-bond acceptors (Lipinski definition) is 5. The van der Waals surface area contributed by atoms with Gasteiger partial charge in [-0.15, -0.1) is 0 Å². The Balaban J connectivity index is 1.45. The van der Waals surface area contributed by atoms with Gasteiger partial charge in [-0.3, -0.25) is 0 Å². The van der Waals surface area contributed by atoms with Crippen molar-refractivity contribution in [2.24, 2.45) is 0 Å². The topological polar surface area (TPSA) is 89.0 Å². The van der Waals surface area contributed by atoms with Crippen molar-refractivity contribution in [3.8, 4) is 22.9 Å². The predicted octanol–water partition coefficient (Wildman–Crippen LogP) is 6.19. The van der Waals surface area contributed by atoms with E-state index in [2.05, 4.69) is 25.6 Å². The molecule has 0 aliphatic carbocycles. The highest BCUT2D eigenvalue weighted by atomic mass is 35.5. The van der Waals surface area contributed by atoms with Gasteiger partial charge >= 0.3 is 6.03 Å². The lowest BCUT2D eigenvalue weighted by molar-refractivity contribution is 0.262. The van der Waals surface area contributed by atoms with Crippen LogP contribution in [-0.4, -0.2) is 21.0 Å². The van der Waals surface area contributed by atoms with E-state index < -0.39 is 6.03 Å². The molecule has 2 heterocycles. The number of para-hydroxylation sites is 1. The van der Waals surface area contributed by atoms with E-state index in [0.29, 0.717) is 28.0 Å². The van der Waals surface area contributed by atoms with E-state index in [0.717, 1.165) is 23.5 Å². The summed E-state index contributed by atoms with van der Waals surface area (Å²) in [4.78, 5) is 25.4. The van der Waals surface area contributed by atoms with Crippen molar-refractivity contribution in [2.45, 2.75) is 13.3 Å². The highest BCUT2D eigenvalue weighted by molar-refractivity contribution is 6.33. The van der Waals surface area contributed by atoms with Crippen molar-refractivity contribution in [2.75, 3.05) is 10.6 Å². The number of anilines is 2. The van der Waals surface area contributed by atoms with Gasteiger partial charge in [-0.25, -0.2) is 19.7 Å². The van der Waals surface area contributed by atoms with Crippen LogP contribution in [0.15, 0.2) is 79.1 Å². The van der Waals surface area contributed by atoms with E-state index in [-0.39, 0.29) is 0 Å². The molecule has 2 aromatic carbocycles. The number of carbonyl (C=O) groups is 1. The van der Waals surface area contributed by atoms with Gasteiger partial charge < -0.3 is 15.4 Å². The molecule has 0 saturated heterocycles. The highest BCUT2D eigenvalue weighted by Gasteiger charge is 2.11. The summed E-state index contributed by atoms with van der Waals surface area (Å²) in [7, 11) is 0. The smallest absolute Gasteiger partial charge is 0.323 e. The third kappa shape index (κ3) is 5.19. The van der Waals surface area contributed by atoms with Crippen molar-refractivity contribution < 1.29 is 9.53 Å². The lowest BCUT2D eigenvalue weighted by Gasteiger charge is -2.11. The van der Waals surface area contributed by atoms with Crippen LogP contribution in [-0.2, 0) is 6.42 Å². The first-order chi connectivity index (χ1) is 15.6. The van der Waals surface area contributed by atoms with Gasteiger partial charge in [-0.05, 0) is 54.6 Å². The maximum Gasteiger partial charge on any atom is 0.323 e. The molecule has 7 nitrogen and oxygen atoms in total. The number of urea groups is 1. The maximum absolute atomic E-state index is 12.2. The quantitative estimate of drug-likeness (QED) is 0.369. The van der Waals surface area contributed by atoms with Gasteiger partial charge in [0.25, 0.3) is 0 Å². The van der Waals surface area contributed by atoms with Crippen molar-refractivity contribution in [3.63, 3.8) is 0 Å². The van der Waals surface area contributed by atoms with Gasteiger partial charge in [0.15, 0.2) is 0 Å². The molecule has 0 radical (unpaired) electrons. The summed E-state index contributed by atoms with van der Waals surface area (Å²) in [6, 6.07) is 19.2. The molecule has 0 saturated carbocycles. The van der Waals surface area contributed by atoms with E-state index in [1.54, 1.807) is 60.9 Å². The molecule has 0 spiro atoms. The van der Waals surface area contributed by atoms with Gasteiger partial charge in [-0.1, -0.05) is 30.7 Å². The fourth-order valence-corrected chi connectivity index (χ4v) is 3.13. The number of ether oxygens (including phenoxy) is 1. The minimum Gasteiger partial charge on any atom is -0.438 e. The molecule has 0 unspecified atom stereocenters. The van der Waals surface area contributed by atoms with Gasteiger partial charge in [0, 0.05) is 24.5 Å². The molecular formula is C24H20ClN5O2. The Morgan fingerprint density at radius 3 is 2.53 bits per heavy atom. The second kappa shape index (κ2) is 9.89. The molecule has 2 aromatic heterocycles. The summed E-state index contributed by atoms with van der Waals surface area (Å²) in [5, 5.41) is 5.94. The number of carbonyl (C=O) groups excluding carboxylic acids is 1. The number of aromatic nitrogens is 3. The number of benzene rings is 2. The largest absolute Gasteiger partial charge is 0.438 e. The Bertz CT molecular complexity index is 1230. The van der Waals surface area contributed by atoms with Crippen LogP contribution in [0, 0.1) is 0 Å². The van der Waals surface area contributed by atoms with E-state index in [9.17, 15) is 4.79 Å². The molecule has 0 aliphatic heterocycles. The van der Waals surface area contributed by atoms with Crippen LogP contribution in [0.1, 0.15) is 12.7 Å². The average Bonchev–Trinajstić information content (AvgIpc) is 2.82. The molecule has 32 heavy (non-hydrogen) atoms. The Kier molecular flexibility index (Phi) is 6.57. The Morgan fingerprint density at radius 2 is 1.75 bits per heavy atom. The zero-order chi connectivity index (χ0) is 22.3. The molecule has 8 heteroatoms. The highest BCUT2D eigenvalue weighted by Crippen LogP contribution is 2.30. The number of rotatable bonds is 6. The number of hydrogen-bond donors (Lipinski definition) is 2. The first kappa shape index (κ1) is 21.3. The standard InChI is InChI=1S/C24H20ClN5O2/c1-2-22-26-15-13-20(29-22)18-6-5-14-27-23(18)32-17-11-9-16(10-12-17)28-24(31)30-21-8-4-3-7-19(21)25/h3-15H,2H2,1H3,(H2,28,30,31). The first-order valence-corrected chi connectivity index (χ1v) is 10.4. The van der Waals surface area contributed by atoms with Gasteiger partial charge in [0.05, 0.1) is 22.0 Å². The molecule has 4 aromatic rings. The van der Waals surface area contributed by atoms with E-state index in [1.165, 1.54) is 0 Å².